The summed E-state index contributed by atoms with van der Waals surface area (Å²) < 4.78 is 0. The van der Waals surface area contributed by atoms with E-state index in [-0.39, 0.29) is 12.5 Å². The molecule has 0 unspecified atom stereocenters. The minimum Gasteiger partial charge on any atom is -0.395 e. The van der Waals surface area contributed by atoms with Crippen molar-refractivity contribution in [3.8, 4) is 0 Å². The first-order valence-electron chi connectivity index (χ1n) is 5.20. The summed E-state index contributed by atoms with van der Waals surface area (Å²) >= 11 is 0. The van der Waals surface area contributed by atoms with Crippen molar-refractivity contribution in [2.45, 2.75) is 25.3 Å². The van der Waals surface area contributed by atoms with Crippen molar-refractivity contribution in [3.05, 3.63) is 0 Å². The first kappa shape index (κ1) is 11.5. The van der Waals surface area contributed by atoms with Crippen LogP contribution in [0.3, 0.4) is 0 Å². The van der Waals surface area contributed by atoms with Crippen LogP contribution < -0.4 is 0 Å². The molecule has 0 saturated heterocycles. The van der Waals surface area contributed by atoms with Crippen LogP contribution in [0.2, 0.25) is 0 Å². The fourth-order valence-electron chi connectivity index (χ4n) is 1.51. The number of carbonyl (C=O) groups excluding carboxylic acids is 1. The van der Waals surface area contributed by atoms with Crippen LogP contribution in [0.5, 0.6) is 0 Å². The van der Waals surface area contributed by atoms with Gasteiger partial charge in [0.25, 0.3) is 0 Å². The molecule has 0 aromatic heterocycles. The summed E-state index contributed by atoms with van der Waals surface area (Å²) in [6.07, 6.45) is 3.00. The Morgan fingerprint density at radius 3 is 2.43 bits per heavy atom. The van der Waals surface area contributed by atoms with Crippen LogP contribution in [-0.2, 0) is 4.79 Å². The zero-order chi connectivity index (χ0) is 10.6. The second-order valence-corrected chi connectivity index (χ2v) is 4.03. The lowest BCUT2D eigenvalue weighted by Crippen LogP contribution is -2.33. The maximum Gasteiger partial charge on any atom is 0.223 e. The minimum absolute atomic E-state index is 0.161. The van der Waals surface area contributed by atoms with Crippen molar-refractivity contribution < 1.29 is 9.90 Å². The predicted octanol–water partition coefficient (Wildman–Crippen LogP) is -0.0786. The SMILES string of the molecule is CN(C)C(=O)CCN(CCO)C1CC1. The van der Waals surface area contributed by atoms with E-state index in [2.05, 4.69) is 4.90 Å². The minimum atomic E-state index is 0.161. The molecule has 82 valence electrons. The molecule has 14 heavy (non-hydrogen) atoms. The van der Waals surface area contributed by atoms with Gasteiger partial charge in [-0.05, 0) is 12.8 Å². The Morgan fingerprint density at radius 1 is 1.36 bits per heavy atom. The van der Waals surface area contributed by atoms with Crippen molar-refractivity contribution in [2.75, 3.05) is 33.8 Å². The molecule has 0 aromatic carbocycles. The van der Waals surface area contributed by atoms with Crippen LogP contribution in [0.15, 0.2) is 0 Å². The molecular weight excluding hydrogens is 180 g/mol. The van der Waals surface area contributed by atoms with Crippen molar-refractivity contribution in [3.63, 3.8) is 0 Å². The standard InChI is InChI=1S/C10H20N2O2/c1-11(2)10(14)5-6-12(7-8-13)9-3-4-9/h9,13H,3-8H2,1-2H3. The fourth-order valence-corrected chi connectivity index (χ4v) is 1.51. The van der Waals surface area contributed by atoms with Crippen LogP contribution in [0, 0.1) is 0 Å². The maximum absolute atomic E-state index is 11.3. The average Bonchev–Trinajstić information content (AvgIpc) is 2.94. The number of amides is 1. The highest BCUT2D eigenvalue weighted by atomic mass is 16.3. The van der Waals surface area contributed by atoms with Crippen LogP contribution in [0.4, 0.5) is 0 Å². The largest absolute Gasteiger partial charge is 0.395 e. The van der Waals surface area contributed by atoms with Crippen LogP contribution in [0.1, 0.15) is 19.3 Å². The van der Waals surface area contributed by atoms with Crippen molar-refractivity contribution in [2.24, 2.45) is 0 Å². The zero-order valence-electron chi connectivity index (χ0n) is 9.07. The monoisotopic (exact) mass is 200 g/mol. The Morgan fingerprint density at radius 2 is 2.00 bits per heavy atom. The second-order valence-electron chi connectivity index (χ2n) is 4.03. The lowest BCUT2D eigenvalue weighted by atomic mass is 10.3. The Balaban J connectivity index is 2.22. The van der Waals surface area contributed by atoms with Gasteiger partial charge in [0, 0.05) is 39.6 Å². The van der Waals surface area contributed by atoms with Gasteiger partial charge in [0.05, 0.1) is 6.61 Å². The van der Waals surface area contributed by atoms with Gasteiger partial charge in [0.15, 0.2) is 0 Å². The predicted molar refractivity (Wildman–Crippen MR) is 55.0 cm³/mol. The van der Waals surface area contributed by atoms with Crippen molar-refractivity contribution >= 4 is 5.91 Å². The molecule has 4 heteroatoms. The smallest absolute Gasteiger partial charge is 0.223 e. The van der Waals surface area contributed by atoms with Gasteiger partial charge in [0.1, 0.15) is 0 Å². The van der Waals surface area contributed by atoms with E-state index in [9.17, 15) is 4.79 Å². The highest BCUT2D eigenvalue weighted by Gasteiger charge is 2.28. The highest BCUT2D eigenvalue weighted by molar-refractivity contribution is 5.75. The quantitative estimate of drug-likeness (QED) is 0.652. The summed E-state index contributed by atoms with van der Waals surface area (Å²) in [5.74, 6) is 0.161. The van der Waals surface area contributed by atoms with E-state index in [4.69, 9.17) is 5.11 Å². The van der Waals surface area contributed by atoms with Crippen LogP contribution in [-0.4, -0.2) is 60.6 Å². The number of carbonyl (C=O) groups is 1. The lowest BCUT2D eigenvalue weighted by Gasteiger charge is -2.21. The van der Waals surface area contributed by atoms with Gasteiger partial charge in [-0.2, -0.15) is 0 Å². The zero-order valence-corrected chi connectivity index (χ0v) is 9.07. The molecule has 0 radical (unpaired) electrons. The van der Waals surface area contributed by atoms with E-state index in [1.54, 1.807) is 19.0 Å². The summed E-state index contributed by atoms with van der Waals surface area (Å²) in [7, 11) is 3.55. The van der Waals surface area contributed by atoms with Gasteiger partial charge in [-0.25, -0.2) is 0 Å². The van der Waals surface area contributed by atoms with Crippen LogP contribution >= 0.6 is 0 Å². The van der Waals surface area contributed by atoms with Gasteiger partial charge in [0.2, 0.25) is 5.91 Å². The molecule has 0 bridgehead atoms. The first-order valence-corrected chi connectivity index (χ1v) is 5.20. The molecular formula is C10H20N2O2. The molecule has 4 nitrogen and oxygen atoms in total. The summed E-state index contributed by atoms with van der Waals surface area (Å²) in [5, 5.41) is 8.85. The Bertz CT molecular complexity index is 191. The van der Waals surface area contributed by atoms with Crippen molar-refractivity contribution in [1.82, 2.24) is 9.80 Å². The molecule has 1 amide bonds. The van der Waals surface area contributed by atoms with Gasteiger partial charge in [-0.3, -0.25) is 9.69 Å². The van der Waals surface area contributed by atoms with Gasteiger partial charge >= 0.3 is 0 Å². The molecule has 1 saturated carbocycles. The second kappa shape index (κ2) is 5.32. The summed E-state index contributed by atoms with van der Waals surface area (Å²) in [6, 6.07) is 0.622. The van der Waals surface area contributed by atoms with E-state index >= 15 is 0 Å². The molecule has 0 heterocycles. The molecule has 0 spiro atoms. The first-order chi connectivity index (χ1) is 6.65. The summed E-state index contributed by atoms with van der Waals surface area (Å²) in [4.78, 5) is 15.2. The van der Waals surface area contributed by atoms with E-state index in [0.29, 0.717) is 19.0 Å². The lowest BCUT2D eigenvalue weighted by molar-refractivity contribution is -0.129. The normalized spacial score (nSPS) is 16.0. The molecule has 1 rings (SSSR count). The van der Waals surface area contributed by atoms with Crippen molar-refractivity contribution in [1.29, 1.82) is 0 Å². The van der Waals surface area contributed by atoms with E-state index in [0.717, 1.165) is 6.54 Å². The summed E-state index contributed by atoms with van der Waals surface area (Å²) in [5.41, 5.74) is 0. The number of aliphatic hydroxyl groups excluding tert-OH is 1. The molecule has 1 aliphatic rings. The fraction of sp³-hybridized carbons (Fsp3) is 0.900. The molecule has 0 aromatic rings. The molecule has 0 atom stereocenters. The van der Waals surface area contributed by atoms with E-state index < -0.39 is 0 Å². The number of aliphatic hydroxyl groups is 1. The number of nitrogens with zero attached hydrogens (tertiary/aromatic N) is 2. The third-order valence-corrected chi connectivity index (χ3v) is 2.56. The molecule has 1 fully saturated rings. The van der Waals surface area contributed by atoms with Gasteiger partial charge in [-0.1, -0.05) is 0 Å². The topological polar surface area (TPSA) is 43.8 Å². The Kier molecular flexibility index (Phi) is 4.35. The average molecular weight is 200 g/mol. The van der Waals surface area contributed by atoms with E-state index in [1.807, 2.05) is 0 Å². The molecule has 1 aliphatic carbocycles. The maximum atomic E-state index is 11.3. The van der Waals surface area contributed by atoms with Gasteiger partial charge in [-0.15, -0.1) is 0 Å². The number of hydrogen-bond donors (Lipinski definition) is 1. The van der Waals surface area contributed by atoms with E-state index in [1.165, 1.54) is 12.8 Å². The Labute approximate surface area is 85.5 Å². The van der Waals surface area contributed by atoms with Gasteiger partial charge < -0.3 is 10.0 Å². The van der Waals surface area contributed by atoms with Crippen LogP contribution in [0.25, 0.3) is 0 Å². The molecule has 1 N–H and O–H groups in total. The Hall–Kier alpha value is -0.610. The molecule has 0 aliphatic heterocycles. The number of rotatable bonds is 6. The number of hydrogen-bond acceptors (Lipinski definition) is 3. The highest BCUT2D eigenvalue weighted by Crippen LogP contribution is 2.26. The summed E-state index contributed by atoms with van der Waals surface area (Å²) in [6.45, 7) is 1.67. The third kappa shape index (κ3) is 3.64. The third-order valence-electron chi connectivity index (χ3n) is 2.56.